The third-order valence-electron chi connectivity index (χ3n) is 2.88. The van der Waals surface area contributed by atoms with Crippen LogP contribution in [0.1, 0.15) is 32.6 Å². The third-order valence-corrected chi connectivity index (χ3v) is 2.88. The average Bonchev–Trinajstić information content (AvgIpc) is 2.05. The van der Waals surface area contributed by atoms with Crippen LogP contribution >= 0.6 is 0 Å². The van der Waals surface area contributed by atoms with Gasteiger partial charge < -0.3 is 4.79 Å². The lowest BCUT2D eigenvalue weighted by molar-refractivity contribution is -0.118. The van der Waals surface area contributed by atoms with E-state index in [1.54, 1.807) is 0 Å². The highest BCUT2D eigenvalue weighted by Crippen LogP contribution is 2.39. The quantitative estimate of drug-likeness (QED) is 0.439. The predicted molar refractivity (Wildman–Crippen MR) is 46.3 cm³/mol. The summed E-state index contributed by atoms with van der Waals surface area (Å²) in [7, 11) is 0. The van der Waals surface area contributed by atoms with E-state index in [1.165, 1.54) is 12.8 Å². The van der Waals surface area contributed by atoms with Gasteiger partial charge in [0.25, 0.3) is 0 Å². The lowest BCUT2D eigenvalue weighted by Crippen LogP contribution is -2.30. The van der Waals surface area contributed by atoms with E-state index in [0.29, 0.717) is 5.92 Å². The molecule has 0 heterocycles. The lowest BCUT2D eigenvalue weighted by Gasteiger charge is -2.35. The summed E-state index contributed by atoms with van der Waals surface area (Å²) in [5.41, 5.74) is -0.111. The van der Waals surface area contributed by atoms with E-state index in [9.17, 15) is 4.79 Å². The normalized spacial score (nSPS) is 38.1. The van der Waals surface area contributed by atoms with Gasteiger partial charge in [0.2, 0.25) is 0 Å². The second kappa shape index (κ2) is 3.21. The lowest BCUT2D eigenvalue weighted by atomic mass is 9.68. The van der Waals surface area contributed by atoms with Crippen molar-refractivity contribution in [3.63, 3.8) is 0 Å². The zero-order valence-electron chi connectivity index (χ0n) is 7.18. The van der Waals surface area contributed by atoms with Crippen molar-refractivity contribution >= 4 is 6.29 Å². The first-order chi connectivity index (χ1) is 5.23. The predicted octanol–water partition coefficient (Wildman–Crippen LogP) is 2.57. The molecule has 1 aliphatic rings. The van der Waals surface area contributed by atoms with Crippen molar-refractivity contribution < 1.29 is 4.79 Å². The zero-order chi connectivity index (χ0) is 8.32. The van der Waals surface area contributed by atoms with Gasteiger partial charge in [0, 0.05) is 5.41 Å². The van der Waals surface area contributed by atoms with Crippen molar-refractivity contribution in [2.45, 2.75) is 32.6 Å². The van der Waals surface area contributed by atoms with E-state index in [2.05, 4.69) is 6.58 Å². The van der Waals surface area contributed by atoms with Crippen LogP contribution in [0.15, 0.2) is 12.7 Å². The number of hydrogen-bond donors (Lipinski definition) is 0. The first-order valence-corrected chi connectivity index (χ1v) is 4.32. The van der Waals surface area contributed by atoms with Crippen LogP contribution in [0.5, 0.6) is 0 Å². The number of rotatable bonds is 2. The van der Waals surface area contributed by atoms with Crippen LogP contribution in [-0.4, -0.2) is 6.29 Å². The van der Waals surface area contributed by atoms with Gasteiger partial charge in [0.05, 0.1) is 0 Å². The van der Waals surface area contributed by atoms with Crippen molar-refractivity contribution in [2.24, 2.45) is 11.3 Å². The molecule has 0 aromatic heterocycles. The van der Waals surface area contributed by atoms with Crippen LogP contribution in [0.2, 0.25) is 0 Å². The van der Waals surface area contributed by atoms with Crippen LogP contribution in [0.4, 0.5) is 0 Å². The maximum atomic E-state index is 10.8. The van der Waals surface area contributed by atoms with Crippen LogP contribution < -0.4 is 0 Å². The number of carbonyl (C=O) groups excluding carboxylic acids is 1. The van der Waals surface area contributed by atoms with E-state index in [4.69, 9.17) is 0 Å². The van der Waals surface area contributed by atoms with Crippen molar-refractivity contribution in [3.05, 3.63) is 12.7 Å². The van der Waals surface area contributed by atoms with Gasteiger partial charge in [-0.15, -0.1) is 6.58 Å². The van der Waals surface area contributed by atoms with Gasteiger partial charge in [-0.05, 0) is 18.8 Å². The highest BCUT2D eigenvalue weighted by molar-refractivity contribution is 5.60. The molecule has 1 nitrogen and oxygen atoms in total. The SMILES string of the molecule is C=CC1CCCCC1(C)C=O. The fraction of sp³-hybridized carbons (Fsp3) is 0.700. The van der Waals surface area contributed by atoms with E-state index in [0.717, 1.165) is 19.1 Å². The molecule has 0 aromatic rings. The Bertz CT molecular complexity index is 162. The maximum Gasteiger partial charge on any atom is 0.126 e. The minimum atomic E-state index is -0.111. The van der Waals surface area contributed by atoms with E-state index in [1.807, 2.05) is 13.0 Å². The molecule has 1 rings (SSSR count). The highest BCUT2D eigenvalue weighted by Gasteiger charge is 2.33. The van der Waals surface area contributed by atoms with E-state index < -0.39 is 0 Å². The second-order valence-electron chi connectivity index (χ2n) is 3.71. The molecular formula is C10H16O. The summed E-state index contributed by atoms with van der Waals surface area (Å²) >= 11 is 0. The first-order valence-electron chi connectivity index (χ1n) is 4.32. The monoisotopic (exact) mass is 152 g/mol. The van der Waals surface area contributed by atoms with Crippen molar-refractivity contribution in [1.82, 2.24) is 0 Å². The van der Waals surface area contributed by atoms with Gasteiger partial charge in [-0.25, -0.2) is 0 Å². The number of hydrogen-bond acceptors (Lipinski definition) is 1. The van der Waals surface area contributed by atoms with Crippen LogP contribution in [-0.2, 0) is 4.79 Å². The van der Waals surface area contributed by atoms with Crippen LogP contribution in [0.3, 0.4) is 0 Å². The summed E-state index contributed by atoms with van der Waals surface area (Å²) in [5, 5.41) is 0. The number of aldehydes is 1. The molecule has 11 heavy (non-hydrogen) atoms. The minimum Gasteiger partial charge on any atom is -0.303 e. The molecule has 2 unspecified atom stereocenters. The summed E-state index contributed by atoms with van der Waals surface area (Å²) < 4.78 is 0. The summed E-state index contributed by atoms with van der Waals surface area (Å²) in [6, 6.07) is 0. The third kappa shape index (κ3) is 1.52. The molecule has 0 aromatic carbocycles. The van der Waals surface area contributed by atoms with Gasteiger partial charge in [-0.2, -0.15) is 0 Å². The highest BCUT2D eigenvalue weighted by atomic mass is 16.1. The molecule has 0 saturated heterocycles. The van der Waals surface area contributed by atoms with Crippen molar-refractivity contribution in [2.75, 3.05) is 0 Å². The van der Waals surface area contributed by atoms with Crippen molar-refractivity contribution in [1.29, 1.82) is 0 Å². The Balaban J connectivity index is 2.72. The smallest absolute Gasteiger partial charge is 0.126 e. The molecule has 1 aliphatic carbocycles. The molecule has 0 N–H and O–H groups in total. The van der Waals surface area contributed by atoms with E-state index >= 15 is 0 Å². The van der Waals surface area contributed by atoms with Gasteiger partial charge in [0.15, 0.2) is 0 Å². The molecular weight excluding hydrogens is 136 g/mol. The Morgan fingerprint density at radius 1 is 1.55 bits per heavy atom. The molecule has 0 spiro atoms. The zero-order valence-corrected chi connectivity index (χ0v) is 7.18. The van der Waals surface area contributed by atoms with Gasteiger partial charge >= 0.3 is 0 Å². The molecule has 1 saturated carbocycles. The van der Waals surface area contributed by atoms with E-state index in [-0.39, 0.29) is 5.41 Å². The molecule has 0 bridgehead atoms. The molecule has 0 aliphatic heterocycles. The average molecular weight is 152 g/mol. The number of allylic oxidation sites excluding steroid dienone is 1. The fourth-order valence-electron chi connectivity index (χ4n) is 1.92. The Morgan fingerprint density at radius 2 is 2.27 bits per heavy atom. The number of carbonyl (C=O) groups is 1. The Morgan fingerprint density at radius 3 is 2.73 bits per heavy atom. The molecule has 1 fully saturated rings. The topological polar surface area (TPSA) is 17.1 Å². The Hall–Kier alpha value is -0.590. The fourth-order valence-corrected chi connectivity index (χ4v) is 1.92. The van der Waals surface area contributed by atoms with Crippen LogP contribution in [0.25, 0.3) is 0 Å². The van der Waals surface area contributed by atoms with Gasteiger partial charge in [0.1, 0.15) is 6.29 Å². The summed E-state index contributed by atoms with van der Waals surface area (Å²) in [6.07, 6.45) is 7.66. The standard InChI is InChI=1S/C10H16O/c1-3-9-6-4-5-7-10(9,2)8-11/h3,8-9H,1,4-7H2,2H3. The van der Waals surface area contributed by atoms with Gasteiger partial charge in [-0.1, -0.05) is 25.8 Å². The Labute approximate surface area is 68.5 Å². The first kappa shape index (κ1) is 8.51. The summed E-state index contributed by atoms with van der Waals surface area (Å²) in [6.45, 7) is 5.82. The van der Waals surface area contributed by atoms with Crippen LogP contribution in [0, 0.1) is 11.3 Å². The van der Waals surface area contributed by atoms with Gasteiger partial charge in [-0.3, -0.25) is 0 Å². The minimum absolute atomic E-state index is 0.111. The molecule has 62 valence electrons. The van der Waals surface area contributed by atoms with Crippen molar-refractivity contribution in [3.8, 4) is 0 Å². The molecule has 2 atom stereocenters. The second-order valence-corrected chi connectivity index (χ2v) is 3.71. The molecule has 1 heteroatoms. The largest absolute Gasteiger partial charge is 0.303 e. The Kier molecular flexibility index (Phi) is 2.48. The maximum absolute atomic E-state index is 10.8. The summed E-state index contributed by atoms with van der Waals surface area (Å²) in [4.78, 5) is 10.8. The summed E-state index contributed by atoms with van der Waals surface area (Å²) in [5.74, 6) is 0.411. The molecule has 0 amide bonds. The molecule has 0 radical (unpaired) electrons.